The summed E-state index contributed by atoms with van der Waals surface area (Å²) in [5.41, 5.74) is 0.00962. The Hall–Kier alpha value is -0.300. The summed E-state index contributed by atoms with van der Waals surface area (Å²) < 4.78 is 48.5. The van der Waals surface area contributed by atoms with Crippen LogP contribution in [0.15, 0.2) is 18.2 Å². The summed E-state index contributed by atoms with van der Waals surface area (Å²) >= 11 is 2.27. The molecule has 19 heavy (non-hydrogen) atoms. The molecular formula is C14H14F3IO. The summed E-state index contributed by atoms with van der Waals surface area (Å²) in [6, 6.07) is 4.20. The quantitative estimate of drug-likeness (QED) is 0.526. The molecule has 3 unspecified atom stereocenters. The van der Waals surface area contributed by atoms with Crippen LogP contribution in [-0.4, -0.2) is 16.6 Å². The van der Waals surface area contributed by atoms with Crippen molar-refractivity contribution in [3.05, 3.63) is 35.1 Å². The maximum absolute atomic E-state index is 14.4. The molecule has 1 heterocycles. The summed E-state index contributed by atoms with van der Waals surface area (Å²) in [6.45, 7) is 0.511. The Morgan fingerprint density at radius 3 is 2.68 bits per heavy atom. The smallest absolute Gasteiger partial charge is 0.281 e. The minimum Gasteiger partial charge on any atom is -0.377 e. The lowest BCUT2D eigenvalue weighted by Gasteiger charge is -2.33. The second-order valence-corrected chi connectivity index (χ2v) is 7.02. The summed E-state index contributed by atoms with van der Waals surface area (Å²) in [5.74, 6) is -4.85. The van der Waals surface area contributed by atoms with E-state index in [1.54, 1.807) is 6.07 Å². The largest absolute Gasteiger partial charge is 0.377 e. The highest BCUT2D eigenvalue weighted by molar-refractivity contribution is 14.1. The van der Waals surface area contributed by atoms with E-state index in [9.17, 15) is 13.2 Å². The maximum atomic E-state index is 14.4. The molecule has 0 bridgehead atoms. The summed E-state index contributed by atoms with van der Waals surface area (Å²) in [4.78, 5) is 0. The second-order valence-electron chi connectivity index (χ2n) is 5.25. The fraction of sp³-hybridized carbons (Fsp3) is 0.571. The minimum atomic E-state index is -3.12. The molecule has 1 aromatic carbocycles. The van der Waals surface area contributed by atoms with Gasteiger partial charge in [0.1, 0.15) is 5.82 Å². The van der Waals surface area contributed by atoms with Crippen LogP contribution in [0.4, 0.5) is 13.2 Å². The number of hydrogen-bond acceptors (Lipinski definition) is 1. The number of fused-ring (bicyclic) bond motifs is 1. The molecule has 5 heteroatoms. The average Bonchev–Trinajstić information content (AvgIpc) is 2.63. The van der Waals surface area contributed by atoms with Gasteiger partial charge in [-0.3, -0.25) is 0 Å². The van der Waals surface area contributed by atoms with Crippen LogP contribution < -0.4 is 0 Å². The fourth-order valence-electron chi connectivity index (χ4n) is 3.08. The van der Waals surface area contributed by atoms with Gasteiger partial charge in [0.25, 0.3) is 5.92 Å². The Morgan fingerprint density at radius 1 is 1.26 bits per heavy atom. The van der Waals surface area contributed by atoms with Crippen molar-refractivity contribution >= 4 is 22.6 Å². The van der Waals surface area contributed by atoms with Crippen LogP contribution in [0, 0.1) is 11.7 Å². The third-order valence-corrected chi connectivity index (χ3v) is 5.03. The molecular weight excluding hydrogens is 368 g/mol. The first kappa shape index (κ1) is 13.7. The lowest BCUT2D eigenvalue weighted by Crippen LogP contribution is -2.38. The van der Waals surface area contributed by atoms with Crippen LogP contribution in [0.25, 0.3) is 0 Å². The molecule has 1 nitrogen and oxygen atoms in total. The summed E-state index contributed by atoms with van der Waals surface area (Å²) in [6.07, 6.45) is 1.25. The van der Waals surface area contributed by atoms with Gasteiger partial charge in [-0.25, -0.2) is 13.2 Å². The van der Waals surface area contributed by atoms with E-state index in [1.807, 2.05) is 0 Å². The molecule has 104 valence electrons. The number of rotatable bonds is 1. The van der Waals surface area contributed by atoms with Crippen molar-refractivity contribution < 1.29 is 17.9 Å². The van der Waals surface area contributed by atoms with Crippen LogP contribution in [-0.2, 0) is 17.1 Å². The molecule has 1 aromatic rings. The van der Waals surface area contributed by atoms with Gasteiger partial charge in [-0.15, -0.1) is 0 Å². The zero-order valence-corrected chi connectivity index (χ0v) is 12.4. The molecule has 0 aromatic heterocycles. The monoisotopic (exact) mass is 382 g/mol. The highest BCUT2D eigenvalue weighted by Gasteiger charge is 2.54. The number of ether oxygens (including phenoxy) is 1. The van der Waals surface area contributed by atoms with Crippen LogP contribution in [0.5, 0.6) is 0 Å². The SMILES string of the molecule is Fc1cccc2c1C(F)(F)C(C1CCC(I)CO1)C2. The molecule has 0 N–H and O–H groups in total. The van der Waals surface area contributed by atoms with Gasteiger partial charge >= 0.3 is 0 Å². The van der Waals surface area contributed by atoms with Crippen molar-refractivity contribution in [3.8, 4) is 0 Å². The van der Waals surface area contributed by atoms with Crippen LogP contribution in [0.2, 0.25) is 0 Å². The molecule has 3 atom stereocenters. The van der Waals surface area contributed by atoms with Crippen molar-refractivity contribution in [2.24, 2.45) is 5.92 Å². The van der Waals surface area contributed by atoms with Crippen molar-refractivity contribution in [1.82, 2.24) is 0 Å². The molecule has 2 aliphatic rings. The van der Waals surface area contributed by atoms with E-state index in [4.69, 9.17) is 4.74 Å². The van der Waals surface area contributed by atoms with Gasteiger partial charge in [0.15, 0.2) is 0 Å². The highest BCUT2D eigenvalue weighted by atomic mass is 127. The van der Waals surface area contributed by atoms with Crippen LogP contribution >= 0.6 is 22.6 Å². The van der Waals surface area contributed by atoms with E-state index in [0.717, 1.165) is 12.5 Å². The number of alkyl halides is 3. The Morgan fingerprint density at radius 2 is 2.05 bits per heavy atom. The molecule has 1 aliphatic heterocycles. The fourth-order valence-corrected chi connectivity index (χ4v) is 3.65. The van der Waals surface area contributed by atoms with Gasteiger partial charge in [0.05, 0.1) is 24.2 Å². The average molecular weight is 382 g/mol. The molecule has 3 rings (SSSR count). The van der Waals surface area contributed by atoms with E-state index in [2.05, 4.69) is 22.6 Å². The number of halogens is 4. The van der Waals surface area contributed by atoms with E-state index in [0.29, 0.717) is 22.5 Å². The molecule has 1 aliphatic carbocycles. The highest BCUT2D eigenvalue weighted by Crippen LogP contribution is 2.50. The Balaban J connectivity index is 1.89. The topological polar surface area (TPSA) is 9.23 Å². The van der Waals surface area contributed by atoms with Crippen molar-refractivity contribution in [3.63, 3.8) is 0 Å². The first-order valence-corrected chi connectivity index (χ1v) is 7.66. The summed E-state index contributed by atoms with van der Waals surface area (Å²) in [7, 11) is 0. The van der Waals surface area contributed by atoms with E-state index >= 15 is 0 Å². The molecule has 0 saturated carbocycles. The molecule has 1 fully saturated rings. The third kappa shape index (κ3) is 2.28. The minimum absolute atomic E-state index is 0.205. The number of hydrogen-bond donors (Lipinski definition) is 0. The van der Waals surface area contributed by atoms with Crippen LogP contribution in [0.1, 0.15) is 24.0 Å². The normalized spacial score (nSPS) is 33.2. The molecule has 0 spiro atoms. The standard InChI is InChI=1S/C14H14F3IO/c15-11-3-1-2-8-6-10(14(16,17)13(8)11)12-5-4-9(18)7-19-12/h1-3,9-10,12H,4-7H2. The predicted molar refractivity (Wildman–Crippen MR) is 74.3 cm³/mol. The maximum Gasteiger partial charge on any atom is 0.281 e. The van der Waals surface area contributed by atoms with Gasteiger partial charge in [-0.1, -0.05) is 34.7 Å². The lowest BCUT2D eigenvalue weighted by molar-refractivity contribution is -0.128. The van der Waals surface area contributed by atoms with Gasteiger partial charge in [0, 0.05) is 3.92 Å². The Labute approximate surface area is 123 Å². The first-order valence-electron chi connectivity index (χ1n) is 6.41. The second kappa shape index (κ2) is 4.91. The Bertz CT molecular complexity index is 484. The van der Waals surface area contributed by atoms with Crippen molar-refractivity contribution in [2.45, 2.75) is 35.2 Å². The van der Waals surface area contributed by atoms with Gasteiger partial charge in [0.2, 0.25) is 0 Å². The molecule has 1 saturated heterocycles. The lowest BCUT2D eigenvalue weighted by atomic mass is 9.90. The van der Waals surface area contributed by atoms with Crippen LogP contribution in [0.3, 0.4) is 0 Å². The zero-order valence-electron chi connectivity index (χ0n) is 10.2. The van der Waals surface area contributed by atoms with E-state index < -0.39 is 29.3 Å². The zero-order chi connectivity index (χ0) is 13.6. The van der Waals surface area contributed by atoms with E-state index in [-0.39, 0.29) is 6.42 Å². The van der Waals surface area contributed by atoms with Gasteiger partial charge in [-0.05, 0) is 30.9 Å². The van der Waals surface area contributed by atoms with Gasteiger partial charge < -0.3 is 4.74 Å². The first-order chi connectivity index (χ1) is 9.00. The summed E-state index contributed by atoms with van der Waals surface area (Å²) in [5, 5.41) is 0. The van der Waals surface area contributed by atoms with Gasteiger partial charge in [-0.2, -0.15) is 0 Å². The van der Waals surface area contributed by atoms with E-state index in [1.165, 1.54) is 6.07 Å². The molecule has 0 amide bonds. The number of benzene rings is 1. The molecule has 0 radical (unpaired) electrons. The Kier molecular flexibility index (Phi) is 3.53. The van der Waals surface area contributed by atoms with Crippen molar-refractivity contribution in [1.29, 1.82) is 0 Å². The third-order valence-electron chi connectivity index (χ3n) is 4.04. The van der Waals surface area contributed by atoms with Crippen molar-refractivity contribution in [2.75, 3.05) is 6.61 Å². The predicted octanol–water partition coefficient (Wildman–Crippen LogP) is 4.07.